The molecule has 0 atom stereocenters. The molecule has 0 aliphatic rings. The van der Waals surface area contributed by atoms with Crippen molar-refractivity contribution in [3.63, 3.8) is 0 Å². The van der Waals surface area contributed by atoms with Gasteiger partial charge in [0.15, 0.2) is 0 Å². The first kappa shape index (κ1) is 9.12. The number of hydrogen-bond acceptors (Lipinski definition) is 1. The van der Waals surface area contributed by atoms with Gasteiger partial charge in [0.2, 0.25) is 0 Å². The topological polar surface area (TPSA) is 9.23 Å². The Hall–Kier alpha value is 0.120. The van der Waals surface area contributed by atoms with E-state index < -0.39 is 0 Å². The Morgan fingerprint density at radius 3 is 2.11 bits per heavy atom. The van der Waals surface area contributed by atoms with Gasteiger partial charge in [-0.3, -0.25) is 0 Å². The predicted molar refractivity (Wildman–Crippen MR) is 40.6 cm³/mol. The molecule has 0 rings (SSSR count). The zero-order valence-corrected chi connectivity index (χ0v) is 7.09. The van der Waals surface area contributed by atoms with Crippen LogP contribution in [-0.4, -0.2) is 7.11 Å². The molecule has 0 amide bonds. The second-order valence-corrected chi connectivity index (χ2v) is 2.59. The number of methoxy groups -OCH3 is 1. The van der Waals surface area contributed by atoms with Gasteiger partial charge in [-0.15, -0.1) is 0 Å². The minimum absolute atomic E-state index is 0.236. The first-order valence-electron chi connectivity index (χ1n) is 2.80. The van der Waals surface area contributed by atoms with E-state index in [1.165, 1.54) is 0 Å². The first-order chi connectivity index (χ1) is 4.22. The van der Waals surface area contributed by atoms with Crippen molar-refractivity contribution in [3.8, 4) is 0 Å². The number of hydrogen-bond donors (Lipinski definition) is 0. The molecule has 0 saturated heterocycles. The van der Waals surface area contributed by atoms with Crippen LogP contribution in [0.5, 0.6) is 0 Å². The highest BCUT2D eigenvalue weighted by Crippen LogP contribution is 2.18. The Balaban J connectivity index is 3.83. The van der Waals surface area contributed by atoms with Gasteiger partial charge in [-0.05, 0) is 6.42 Å². The first-order valence-corrected chi connectivity index (χ1v) is 3.56. The molecule has 0 saturated carbocycles. The van der Waals surface area contributed by atoms with E-state index in [1.807, 2.05) is 6.92 Å². The molecule has 0 heterocycles. The van der Waals surface area contributed by atoms with Crippen LogP contribution >= 0.6 is 23.2 Å². The summed E-state index contributed by atoms with van der Waals surface area (Å²) >= 11 is 10.9. The molecule has 0 aromatic heterocycles. The molecule has 0 N–H and O–H groups in total. The van der Waals surface area contributed by atoms with Crippen LogP contribution in [0.15, 0.2) is 10.3 Å². The summed E-state index contributed by atoms with van der Waals surface area (Å²) in [5.74, 6) is 0.667. The van der Waals surface area contributed by atoms with E-state index in [0.717, 1.165) is 12.8 Å². The lowest BCUT2D eigenvalue weighted by Gasteiger charge is -2.02. The lowest BCUT2D eigenvalue weighted by Crippen LogP contribution is -1.85. The van der Waals surface area contributed by atoms with Gasteiger partial charge < -0.3 is 4.74 Å². The highest BCUT2D eigenvalue weighted by molar-refractivity contribution is 6.56. The van der Waals surface area contributed by atoms with Gasteiger partial charge in [-0.1, -0.05) is 30.1 Å². The summed E-state index contributed by atoms with van der Waals surface area (Å²) in [7, 11) is 1.57. The molecule has 0 radical (unpaired) electrons. The minimum Gasteiger partial charge on any atom is -0.499 e. The van der Waals surface area contributed by atoms with Crippen LogP contribution in [0.2, 0.25) is 0 Å². The molecular formula is C6H10Cl2O. The molecule has 0 spiro atoms. The van der Waals surface area contributed by atoms with Gasteiger partial charge in [0.05, 0.1) is 7.11 Å². The van der Waals surface area contributed by atoms with Crippen molar-refractivity contribution >= 4 is 23.2 Å². The van der Waals surface area contributed by atoms with Gasteiger partial charge in [0.25, 0.3) is 0 Å². The van der Waals surface area contributed by atoms with Crippen LogP contribution < -0.4 is 0 Å². The number of rotatable bonds is 3. The molecular weight excluding hydrogens is 159 g/mol. The fourth-order valence-corrected chi connectivity index (χ4v) is 0.844. The predicted octanol–water partition coefficient (Wildman–Crippen LogP) is 3.08. The smallest absolute Gasteiger partial charge is 0.144 e. The van der Waals surface area contributed by atoms with E-state index in [2.05, 4.69) is 0 Å². The van der Waals surface area contributed by atoms with Crippen LogP contribution in [0.1, 0.15) is 19.8 Å². The van der Waals surface area contributed by atoms with Crippen molar-refractivity contribution in [1.82, 2.24) is 0 Å². The summed E-state index contributed by atoms with van der Waals surface area (Å²) in [6, 6.07) is 0. The Labute approximate surface area is 65.6 Å². The molecule has 0 aromatic rings. The monoisotopic (exact) mass is 168 g/mol. The van der Waals surface area contributed by atoms with Crippen molar-refractivity contribution in [2.24, 2.45) is 0 Å². The average Bonchev–Trinajstić information content (AvgIpc) is 1.82. The standard InChI is InChI=1S/C6H10Cl2O/c1-3-4-5(9-2)6(7)8/h3-4H2,1-2H3. The molecule has 0 bridgehead atoms. The largest absolute Gasteiger partial charge is 0.499 e. The molecule has 3 heteroatoms. The minimum atomic E-state index is 0.236. The molecule has 0 unspecified atom stereocenters. The lowest BCUT2D eigenvalue weighted by atomic mass is 10.3. The maximum absolute atomic E-state index is 5.44. The third-order valence-corrected chi connectivity index (χ3v) is 1.36. The second kappa shape index (κ2) is 4.95. The third kappa shape index (κ3) is 3.66. The van der Waals surface area contributed by atoms with Crippen molar-refractivity contribution in [3.05, 3.63) is 10.3 Å². The van der Waals surface area contributed by atoms with Gasteiger partial charge in [-0.25, -0.2) is 0 Å². The van der Waals surface area contributed by atoms with Gasteiger partial charge in [-0.2, -0.15) is 0 Å². The molecule has 1 nitrogen and oxygen atoms in total. The van der Waals surface area contributed by atoms with Crippen LogP contribution in [0, 0.1) is 0 Å². The summed E-state index contributed by atoms with van der Waals surface area (Å²) < 4.78 is 5.10. The Bertz CT molecular complexity index is 106. The summed E-state index contributed by atoms with van der Waals surface area (Å²) in [5, 5.41) is 0. The van der Waals surface area contributed by atoms with E-state index >= 15 is 0 Å². The molecule has 9 heavy (non-hydrogen) atoms. The van der Waals surface area contributed by atoms with Gasteiger partial charge >= 0.3 is 0 Å². The summed E-state index contributed by atoms with van der Waals surface area (Å²) in [6.07, 6.45) is 1.80. The maximum Gasteiger partial charge on any atom is 0.144 e. The number of halogens is 2. The number of allylic oxidation sites excluding steroid dienone is 1. The molecule has 54 valence electrons. The van der Waals surface area contributed by atoms with E-state index in [1.54, 1.807) is 7.11 Å². The average molecular weight is 169 g/mol. The Morgan fingerprint density at radius 2 is 2.00 bits per heavy atom. The molecule has 0 fully saturated rings. The van der Waals surface area contributed by atoms with E-state index in [0.29, 0.717) is 5.76 Å². The number of ether oxygens (including phenoxy) is 1. The SMILES string of the molecule is CCCC(OC)=C(Cl)Cl. The zero-order valence-electron chi connectivity index (χ0n) is 5.58. The van der Waals surface area contributed by atoms with Gasteiger partial charge in [0, 0.05) is 6.42 Å². The molecule has 0 aliphatic carbocycles. The lowest BCUT2D eigenvalue weighted by molar-refractivity contribution is 0.276. The van der Waals surface area contributed by atoms with Crippen molar-refractivity contribution < 1.29 is 4.74 Å². The highest BCUT2D eigenvalue weighted by atomic mass is 35.5. The van der Waals surface area contributed by atoms with Crippen LogP contribution in [-0.2, 0) is 4.74 Å². The zero-order chi connectivity index (χ0) is 7.28. The Morgan fingerprint density at radius 1 is 1.44 bits per heavy atom. The fourth-order valence-electron chi connectivity index (χ4n) is 0.501. The fraction of sp³-hybridized carbons (Fsp3) is 0.667. The van der Waals surface area contributed by atoms with Crippen LogP contribution in [0.3, 0.4) is 0 Å². The molecule has 0 aromatic carbocycles. The normalized spacial score (nSPS) is 8.89. The van der Waals surface area contributed by atoms with E-state index in [9.17, 15) is 0 Å². The quantitative estimate of drug-likeness (QED) is 0.590. The van der Waals surface area contributed by atoms with Crippen molar-refractivity contribution in [2.75, 3.05) is 7.11 Å². The summed E-state index contributed by atoms with van der Waals surface area (Å²) in [5.41, 5.74) is 0. The summed E-state index contributed by atoms with van der Waals surface area (Å²) in [4.78, 5) is 0. The van der Waals surface area contributed by atoms with E-state index in [-0.39, 0.29) is 4.49 Å². The summed E-state index contributed by atoms with van der Waals surface area (Å²) in [6.45, 7) is 2.04. The van der Waals surface area contributed by atoms with Crippen LogP contribution in [0.4, 0.5) is 0 Å². The third-order valence-electron chi connectivity index (χ3n) is 0.934. The second-order valence-electron chi connectivity index (χ2n) is 1.64. The van der Waals surface area contributed by atoms with Crippen molar-refractivity contribution in [2.45, 2.75) is 19.8 Å². The molecule has 0 aliphatic heterocycles. The van der Waals surface area contributed by atoms with Crippen molar-refractivity contribution in [1.29, 1.82) is 0 Å². The van der Waals surface area contributed by atoms with Crippen LogP contribution in [0.25, 0.3) is 0 Å². The maximum atomic E-state index is 5.44. The van der Waals surface area contributed by atoms with Gasteiger partial charge in [0.1, 0.15) is 10.3 Å². The highest BCUT2D eigenvalue weighted by Gasteiger charge is 1.98. The Kier molecular flexibility index (Phi) is 5.02. The van der Waals surface area contributed by atoms with E-state index in [4.69, 9.17) is 27.9 Å².